The lowest BCUT2D eigenvalue weighted by atomic mass is 10.2. The fourth-order valence-electron chi connectivity index (χ4n) is 2.99. The van der Waals surface area contributed by atoms with Crippen LogP contribution in [0.3, 0.4) is 0 Å². The van der Waals surface area contributed by atoms with Gasteiger partial charge in [0, 0.05) is 30.4 Å². The maximum atomic E-state index is 13.3. The number of amides is 1. The Morgan fingerprint density at radius 1 is 0.969 bits per heavy atom. The van der Waals surface area contributed by atoms with E-state index in [9.17, 15) is 9.18 Å². The number of anilines is 2. The van der Waals surface area contributed by atoms with Crippen LogP contribution < -0.4 is 20.1 Å². The van der Waals surface area contributed by atoms with E-state index in [-0.39, 0.29) is 17.5 Å². The molecule has 8 heteroatoms. The first-order chi connectivity index (χ1) is 15.4. The zero-order valence-corrected chi connectivity index (χ0v) is 19.2. The largest absolute Gasteiger partial charge is 0.490 e. The summed E-state index contributed by atoms with van der Waals surface area (Å²) in [5.41, 5.74) is 3.16. The summed E-state index contributed by atoms with van der Waals surface area (Å²) >= 11 is 12.6. The van der Waals surface area contributed by atoms with Crippen molar-refractivity contribution in [2.24, 2.45) is 0 Å². The molecule has 0 heterocycles. The van der Waals surface area contributed by atoms with Gasteiger partial charge in [-0.15, -0.1) is 0 Å². The third-order valence-electron chi connectivity index (χ3n) is 4.46. The van der Waals surface area contributed by atoms with Crippen molar-refractivity contribution in [3.05, 3.63) is 81.6 Å². The lowest BCUT2D eigenvalue weighted by Crippen LogP contribution is -2.06. The number of nitrogens with one attached hydrogen (secondary N) is 2. The molecular formula is C24H23Cl2FN2O3. The average molecular weight is 477 g/mol. The zero-order chi connectivity index (χ0) is 23.1. The summed E-state index contributed by atoms with van der Waals surface area (Å²) in [7, 11) is 0. The molecule has 5 nitrogen and oxygen atoms in total. The van der Waals surface area contributed by atoms with Gasteiger partial charge in [-0.05, 0) is 61.0 Å². The van der Waals surface area contributed by atoms with E-state index in [4.69, 9.17) is 32.7 Å². The van der Waals surface area contributed by atoms with E-state index in [0.717, 1.165) is 16.9 Å². The fraction of sp³-hybridized carbons (Fsp3) is 0.208. The Hall–Kier alpha value is -2.96. The maximum Gasteiger partial charge on any atom is 0.221 e. The maximum absolute atomic E-state index is 13.3. The Morgan fingerprint density at radius 2 is 1.69 bits per heavy atom. The summed E-state index contributed by atoms with van der Waals surface area (Å²) in [5.74, 6) is 0.384. The SMILES string of the molecule is CCOc1cc(CNc2ccc(NC(C)=O)cc2)cc(Cl)c1OCc1ccc(F)cc1Cl. The van der Waals surface area contributed by atoms with Crippen molar-refractivity contribution in [3.63, 3.8) is 0 Å². The molecule has 168 valence electrons. The first-order valence-electron chi connectivity index (χ1n) is 9.99. The number of hydrogen-bond acceptors (Lipinski definition) is 4. The minimum atomic E-state index is -0.409. The van der Waals surface area contributed by atoms with E-state index >= 15 is 0 Å². The molecule has 0 fully saturated rings. The van der Waals surface area contributed by atoms with Gasteiger partial charge in [0.05, 0.1) is 16.7 Å². The average Bonchev–Trinajstić information content (AvgIpc) is 2.74. The minimum absolute atomic E-state index is 0.118. The van der Waals surface area contributed by atoms with Gasteiger partial charge >= 0.3 is 0 Å². The van der Waals surface area contributed by atoms with Gasteiger partial charge in [-0.3, -0.25) is 4.79 Å². The van der Waals surface area contributed by atoms with Crippen molar-refractivity contribution in [2.75, 3.05) is 17.2 Å². The first-order valence-corrected chi connectivity index (χ1v) is 10.7. The van der Waals surface area contributed by atoms with Crippen molar-refractivity contribution in [1.29, 1.82) is 0 Å². The van der Waals surface area contributed by atoms with Gasteiger partial charge in [-0.2, -0.15) is 0 Å². The Morgan fingerprint density at radius 3 is 2.34 bits per heavy atom. The summed E-state index contributed by atoms with van der Waals surface area (Å²) in [4.78, 5) is 11.1. The number of rotatable bonds is 9. The molecule has 0 aliphatic carbocycles. The highest BCUT2D eigenvalue weighted by atomic mass is 35.5. The monoisotopic (exact) mass is 476 g/mol. The van der Waals surface area contributed by atoms with Crippen molar-refractivity contribution in [2.45, 2.75) is 27.0 Å². The van der Waals surface area contributed by atoms with Crippen molar-refractivity contribution in [3.8, 4) is 11.5 Å². The van der Waals surface area contributed by atoms with Crippen molar-refractivity contribution < 1.29 is 18.7 Å². The normalized spacial score (nSPS) is 10.5. The molecule has 2 N–H and O–H groups in total. The van der Waals surface area contributed by atoms with Gasteiger partial charge in [-0.1, -0.05) is 29.3 Å². The van der Waals surface area contributed by atoms with Crippen LogP contribution in [0.2, 0.25) is 10.0 Å². The van der Waals surface area contributed by atoms with Crippen LogP contribution in [0.25, 0.3) is 0 Å². The smallest absolute Gasteiger partial charge is 0.221 e. The molecule has 1 amide bonds. The van der Waals surface area contributed by atoms with Crippen LogP contribution in [0.5, 0.6) is 11.5 Å². The molecule has 0 aliphatic rings. The number of benzene rings is 3. The lowest BCUT2D eigenvalue weighted by molar-refractivity contribution is -0.114. The van der Waals surface area contributed by atoms with Gasteiger partial charge in [0.25, 0.3) is 0 Å². The lowest BCUT2D eigenvalue weighted by Gasteiger charge is -2.16. The summed E-state index contributed by atoms with van der Waals surface area (Å²) in [6.45, 7) is 4.40. The van der Waals surface area contributed by atoms with Crippen molar-refractivity contribution in [1.82, 2.24) is 0 Å². The van der Waals surface area contributed by atoms with E-state index in [2.05, 4.69) is 10.6 Å². The molecule has 0 atom stereocenters. The molecule has 0 unspecified atom stereocenters. The molecule has 0 saturated carbocycles. The molecule has 3 aromatic rings. The van der Waals surface area contributed by atoms with Crippen LogP contribution in [0.4, 0.5) is 15.8 Å². The molecule has 3 aromatic carbocycles. The van der Waals surface area contributed by atoms with Crippen LogP contribution in [-0.4, -0.2) is 12.5 Å². The quantitative estimate of drug-likeness (QED) is 0.361. The Bertz CT molecular complexity index is 1090. The number of hydrogen-bond donors (Lipinski definition) is 2. The van der Waals surface area contributed by atoms with E-state index in [1.54, 1.807) is 12.1 Å². The second-order valence-corrected chi connectivity index (χ2v) is 7.79. The number of carbonyl (C=O) groups is 1. The van der Waals surface area contributed by atoms with Gasteiger partial charge in [0.15, 0.2) is 11.5 Å². The first kappa shape index (κ1) is 23.7. The Labute approximate surface area is 196 Å². The summed E-state index contributed by atoms with van der Waals surface area (Å²) in [5, 5.41) is 6.71. The third-order valence-corrected chi connectivity index (χ3v) is 5.09. The van der Waals surface area contributed by atoms with E-state index in [0.29, 0.717) is 35.2 Å². The molecule has 0 spiro atoms. The highest BCUT2D eigenvalue weighted by Gasteiger charge is 2.14. The number of ether oxygens (including phenoxy) is 2. The van der Waals surface area contributed by atoms with Crippen LogP contribution in [-0.2, 0) is 17.9 Å². The minimum Gasteiger partial charge on any atom is -0.490 e. The topological polar surface area (TPSA) is 59.6 Å². The van der Waals surface area contributed by atoms with Crippen LogP contribution in [0.1, 0.15) is 25.0 Å². The third kappa shape index (κ3) is 6.52. The molecule has 0 bridgehead atoms. The zero-order valence-electron chi connectivity index (χ0n) is 17.7. The van der Waals surface area contributed by atoms with E-state index < -0.39 is 5.82 Å². The summed E-state index contributed by atoms with van der Waals surface area (Å²) < 4.78 is 24.9. The number of carbonyl (C=O) groups excluding carboxylic acids is 1. The summed E-state index contributed by atoms with van der Waals surface area (Å²) in [6.07, 6.45) is 0. The Kier molecular flexibility index (Phi) is 8.20. The molecule has 0 aromatic heterocycles. The van der Waals surface area contributed by atoms with Gasteiger partial charge in [0.1, 0.15) is 12.4 Å². The molecule has 0 radical (unpaired) electrons. The van der Waals surface area contributed by atoms with Crippen LogP contribution in [0, 0.1) is 5.82 Å². The predicted molar refractivity (Wildman–Crippen MR) is 126 cm³/mol. The highest BCUT2D eigenvalue weighted by Crippen LogP contribution is 2.38. The molecular weight excluding hydrogens is 454 g/mol. The Balaban J connectivity index is 1.71. The second-order valence-electron chi connectivity index (χ2n) is 6.97. The second kappa shape index (κ2) is 11.1. The molecule has 32 heavy (non-hydrogen) atoms. The van der Waals surface area contributed by atoms with E-state index in [1.807, 2.05) is 37.3 Å². The van der Waals surface area contributed by atoms with E-state index in [1.165, 1.54) is 19.1 Å². The van der Waals surface area contributed by atoms with Gasteiger partial charge < -0.3 is 20.1 Å². The highest BCUT2D eigenvalue weighted by molar-refractivity contribution is 6.32. The fourth-order valence-corrected chi connectivity index (χ4v) is 3.50. The predicted octanol–water partition coefficient (Wildman–Crippen LogP) is 6.68. The molecule has 0 aliphatic heterocycles. The molecule has 3 rings (SSSR count). The van der Waals surface area contributed by atoms with Gasteiger partial charge in [0.2, 0.25) is 5.91 Å². The molecule has 0 saturated heterocycles. The number of halogens is 3. The van der Waals surface area contributed by atoms with Gasteiger partial charge in [-0.25, -0.2) is 4.39 Å². The standard InChI is InChI=1S/C24H23Cl2FN2O3/c1-3-31-23-11-16(13-28-19-6-8-20(9-7-19)29-15(2)30)10-22(26)24(23)32-14-17-4-5-18(27)12-21(17)25/h4-12,28H,3,13-14H2,1-2H3,(H,29,30). The summed E-state index contributed by atoms with van der Waals surface area (Å²) in [6, 6.07) is 15.2. The van der Waals surface area contributed by atoms with Crippen LogP contribution >= 0.6 is 23.2 Å². The van der Waals surface area contributed by atoms with Crippen molar-refractivity contribution >= 4 is 40.5 Å². The van der Waals surface area contributed by atoms with Crippen LogP contribution in [0.15, 0.2) is 54.6 Å².